The molecule has 2 fully saturated rings. The van der Waals surface area contributed by atoms with Crippen molar-refractivity contribution >= 4 is 5.91 Å². The fourth-order valence-corrected chi connectivity index (χ4v) is 5.54. The molecule has 0 radical (unpaired) electrons. The minimum Gasteiger partial charge on any atom is -0.341 e. The SMILES string of the molecule is Cc1cc(-n2cc3c(n2)CCN(CC(=O)N2CCC(N4CCCCCC4)CC2)C3)ccn1. The monoisotopic (exact) mass is 436 g/mol. The summed E-state index contributed by atoms with van der Waals surface area (Å²) < 4.78 is 1.96. The van der Waals surface area contributed by atoms with E-state index >= 15 is 0 Å². The molecular formula is C25H36N6O. The number of hydrogen-bond donors (Lipinski definition) is 0. The number of carbonyl (C=O) groups is 1. The molecule has 2 aromatic heterocycles. The molecule has 0 saturated carbocycles. The Morgan fingerprint density at radius 1 is 1.06 bits per heavy atom. The lowest BCUT2D eigenvalue weighted by molar-refractivity contribution is -0.134. The van der Waals surface area contributed by atoms with E-state index < -0.39 is 0 Å². The van der Waals surface area contributed by atoms with Crippen molar-refractivity contribution in [1.29, 1.82) is 0 Å². The number of carbonyl (C=O) groups excluding carboxylic acids is 1. The number of pyridine rings is 1. The first-order chi connectivity index (χ1) is 15.7. The van der Waals surface area contributed by atoms with Crippen LogP contribution in [0, 0.1) is 6.92 Å². The summed E-state index contributed by atoms with van der Waals surface area (Å²) in [5.41, 5.74) is 4.42. The van der Waals surface area contributed by atoms with Crippen molar-refractivity contribution in [2.45, 2.75) is 64.5 Å². The third-order valence-electron chi connectivity index (χ3n) is 7.41. The predicted molar refractivity (Wildman–Crippen MR) is 125 cm³/mol. The summed E-state index contributed by atoms with van der Waals surface area (Å²) in [7, 11) is 0. The number of likely N-dealkylation sites (tertiary alicyclic amines) is 2. The Labute approximate surface area is 191 Å². The molecule has 172 valence electrons. The summed E-state index contributed by atoms with van der Waals surface area (Å²) in [6.07, 6.45) is 12.6. The Bertz CT molecular complexity index is 924. The Morgan fingerprint density at radius 3 is 2.59 bits per heavy atom. The summed E-state index contributed by atoms with van der Waals surface area (Å²) in [4.78, 5) is 24.4. The van der Waals surface area contributed by atoms with Crippen LogP contribution in [0.25, 0.3) is 5.69 Å². The molecule has 0 atom stereocenters. The van der Waals surface area contributed by atoms with Gasteiger partial charge in [-0.15, -0.1) is 0 Å². The van der Waals surface area contributed by atoms with E-state index in [0.717, 1.165) is 62.5 Å². The minimum absolute atomic E-state index is 0.292. The highest BCUT2D eigenvalue weighted by Gasteiger charge is 2.29. The zero-order chi connectivity index (χ0) is 21.9. The molecule has 0 aliphatic carbocycles. The van der Waals surface area contributed by atoms with E-state index in [1.807, 2.05) is 23.9 Å². The zero-order valence-corrected chi connectivity index (χ0v) is 19.4. The highest BCUT2D eigenvalue weighted by molar-refractivity contribution is 5.78. The van der Waals surface area contributed by atoms with Crippen LogP contribution in [0.4, 0.5) is 0 Å². The maximum Gasteiger partial charge on any atom is 0.236 e. The lowest BCUT2D eigenvalue weighted by Crippen LogP contribution is -2.49. The molecule has 0 aromatic carbocycles. The van der Waals surface area contributed by atoms with Crippen LogP contribution in [0.1, 0.15) is 55.5 Å². The second kappa shape index (κ2) is 9.71. The molecule has 7 heteroatoms. The second-order valence-electron chi connectivity index (χ2n) is 9.72. The van der Waals surface area contributed by atoms with Crippen LogP contribution in [0.3, 0.4) is 0 Å². The standard InChI is InChI=1S/C25H36N6O/c1-20-16-23(6-10-26-20)31-18-21-17-28(13-9-24(21)27-31)19-25(32)30-14-7-22(8-15-30)29-11-4-2-3-5-12-29/h6,10,16,18,22H,2-5,7-9,11-15,17,19H2,1H3. The lowest BCUT2D eigenvalue weighted by atomic mass is 10.0. The summed E-state index contributed by atoms with van der Waals surface area (Å²) in [5.74, 6) is 0.292. The molecule has 5 heterocycles. The molecule has 3 aliphatic heterocycles. The van der Waals surface area contributed by atoms with Gasteiger partial charge in [0, 0.05) is 62.3 Å². The number of piperidine rings is 1. The Morgan fingerprint density at radius 2 is 1.84 bits per heavy atom. The first-order valence-corrected chi connectivity index (χ1v) is 12.4. The third kappa shape index (κ3) is 4.89. The van der Waals surface area contributed by atoms with Crippen molar-refractivity contribution in [3.8, 4) is 5.69 Å². The van der Waals surface area contributed by atoms with Gasteiger partial charge in [0.25, 0.3) is 0 Å². The van der Waals surface area contributed by atoms with E-state index in [2.05, 4.69) is 31.9 Å². The van der Waals surface area contributed by atoms with Gasteiger partial charge in [0.05, 0.1) is 17.9 Å². The van der Waals surface area contributed by atoms with E-state index in [4.69, 9.17) is 5.10 Å². The van der Waals surface area contributed by atoms with Crippen molar-refractivity contribution in [3.05, 3.63) is 41.5 Å². The number of aromatic nitrogens is 3. The van der Waals surface area contributed by atoms with Crippen LogP contribution in [0.15, 0.2) is 24.5 Å². The van der Waals surface area contributed by atoms with Crippen LogP contribution < -0.4 is 0 Å². The maximum atomic E-state index is 13.0. The number of nitrogens with zero attached hydrogens (tertiary/aromatic N) is 6. The van der Waals surface area contributed by atoms with Crippen LogP contribution in [-0.4, -0.2) is 80.7 Å². The van der Waals surface area contributed by atoms with Gasteiger partial charge in [0.1, 0.15) is 0 Å². The zero-order valence-electron chi connectivity index (χ0n) is 19.4. The number of amides is 1. The number of hydrogen-bond acceptors (Lipinski definition) is 5. The van der Waals surface area contributed by atoms with Gasteiger partial charge in [-0.1, -0.05) is 12.8 Å². The van der Waals surface area contributed by atoms with Crippen LogP contribution >= 0.6 is 0 Å². The van der Waals surface area contributed by atoms with Crippen molar-refractivity contribution < 1.29 is 4.79 Å². The van der Waals surface area contributed by atoms with Crippen molar-refractivity contribution in [2.24, 2.45) is 0 Å². The first kappa shape index (κ1) is 21.6. The number of rotatable bonds is 4. The first-order valence-electron chi connectivity index (χ1n) is 12.4. The molecule has 5 rings (SSSR count). The average molecular weight is 437 g/mol. The van der Waals surface area contributed by atoms with Gasteiger partial charge in [-0.25, -0.2) is 4.68 Å². The smallest absolute Gasteiger partial charge is 0.236 e. The highest BCUT2D eigenvalue weighted by Crippen LogP contribution is 2.23. The molecule has 0 N–H and O–H groups in total. The Balaban J connectivity index is 1.14. The summed E-state index contributed by atoms with van der Waals surface area (Å²) in [5, 5.41) is 4.79. The molecule has 1 amide bonds. The molecule has 0 bridgehead atoms. The molecule has 7 nitrogen and oxygen atoms in total. The van der Waals surface area contributed by atoms with Crippen LogP contribution in [-0.2, 0) is 17.8 Å². The van der Waals surface area contributed by atoms with Crippen molar-refractivity contribution in [3.63, 3.8) is 0 Å². The summed E-state index contributed by atoms with van der Waals surface area (Å²) in [6, 6.07) is 4.72. The van der Waals surface area contributed by atoms with E-state index in [1.54, 1.807) is 0 Å². The summed E-state index contributed by atoms with van der Waals surface area (Å²) >= 11 is 0. The minimum atomic E-state index is 0.292. The van der Waals surface area contributed by atoms with Crippen LogP contribution in [0.5, 0.6) is 0 Å². The molecule has 3 aliphatic rings. The summed E-state index contributed by atoms with van der Waals surface area (Å²) in [6.45, 7) is 8.55. The van der Waals surface area contributed by atoms with E-state index in [1.165, 1.54) is 44.3 Å². The Kier molecular flexibility index (Phi) is 6.55. The quantitative estimate of drug-likeness (QED) is 0.738. The number of aryl methyl sites for hydroxylation is 1. The maximum absolute atomic E-state index is 13.0. The van der Waals surface area contributed by atoms with Gasteiger partial charge >= 0.3 is 0 Å². The third-order valence-corrected chi connectivity index (χ3v) is 7.41. The van der Waals surface area contributed by atoms with Gasteiger partial charge in [0.2, 0.25) is 5.91 Å². The second-order valence-corrected chi connectivity index (χ2v) is 9.72. The molecule has 0 unspecified atom stereocenters. The largest absolute Gasteiger partial charge is 0.341 e. The lowest BCUT2D eigenvalue weighted by Gasteiger charge is -2.39. The van der Waals surface area contributed by atoms with Crippen molar-refractivity contribution in [2.75, 3.05) is 39.3 Å². The van der Waals surface area contributed by atoms with Crippen LogP contribution in [0.2, 0.25) is 0 Å². The van der Waals surface area contributed by atoms with Gasteiger partial charge in [-0.05, 0) is 57.8 Å². The molecule has 2 aromatic rings. The fourth-order valence-electron chi connectivity index (χ4n) is 5.54. The van der Waals surface area contributed by atoms with E-state index in [9.17, 15) is 4.79 Å². The fraction of sp³-hybridized carbons (Fsp3) is 0.640. The molecular weight excluding hydrogens is 400 g/mol. The molecule has 0 spiro atoms. The topological polar surface area (TPSA) is 57.5 Å². The predicted octanol–water partition coefficient (Wildman–Crippen LogP) is 2.80. The van der Waals surface area contributed by atoms with Gasteiger partial charge in [-0.2, -0.15) is 5.10 Å². The van der Waals surface area contributed by atoms with Gasteiger partial charge in [0.15, 0.2) is 0 Å². The van der Waals surface area contributed by atoms with Gasteiger partial charge < -0.3 is 9.80 Å². The van der Waals surface area contributed by atoms with Crippen molar-refractivity contribution in [1.82, 2.24) is 29.5 Å². The molecule has 32 heavy (non-hydrogen) atoms. The Hall–Kier alpha value is -2.25. The highest BCUT2D eigenvalue weighted by atomic mass is 16.2. The normalized spacial score (nSPS) is 21.3. The number of fused-ring (bicyclic) bond motifs is 1. The van der Waals surface area contributed by atoms with Gasteiger partial charge in [-0.3, -0.25) is 14.7 Å². The molecule has 2 saturated heterocycles. The average Bonchev–Trinajstić information content (AvgIpc) is 3.04. The van der Waals surface area contributed by atoms with E-state index in [0.29, 0.717) is 18.5 Å². The van der Waals surface area contributed by atoms with E-state index in [-0.39, 0.29) is 0 Å².